The Balaban J connectivity index is 1.30. The van der Waals surface area contributed by atoms with Crippen LogP contribution in [0.2, 0.25) is 0 Å². The second kappa shape index (κ2) is 7.12. The fourth-order valence-corrected chi connectivity index (χ4v) is 4.65. The quantitative estimate of drug-likeness (QED) is 0.651. The molecule has 0 N–H and O–H groups in total. The van der Waals surface area contributed by atoms with Crippen LogP contribution < -0.4 is 21.0 Å². The molecule has 3 aromatic rings. The lowest BCUT2D eigenvalue weighted by Gasteiger charge is -2.25. The first-order valence-electron chi connectivity index (χ1n) is 10.2. The van der Waals surface area contributed by atoms with Crippen LogP contribution >= 0.6 is 0 Å². The molecule has 2 unspecified atom stereocenters. The summed E-state index contributed by atoms with van der Waals surface area (Å²) in [7, 11) is 3.23. The van der Waals surface area contributed by atoms with Gasteiger partial charge in [-0.1, -0.05) is 30.3 Å². The normalized spacial score (nSPS) is 20.6. The van der Waals surface area contributed by atoms with Gasteiger partial charge in [0.25, 0.3) is 5.56 Å². The summed E-state index contributed by atoms with van der Waals surface area (Å²) in [4.78, 5) is 28.8. The molecule has 2 aliphatic heterocycles. The molecule has 30 heavy (non-hydrogen) atoms. The molecule has 0 spiro atoms. The molecule has 1 aromatic carbocycles. The first kappa shape index (κ1) is 18.6. The zero-order valence-corrected chi connectivity index (χ0v) is 17.1. The fourth-order valence-electron chi connectivity index (χ4n) is 4.65. The van der Waals surface area contributed by atoms with Gasteiger partial charge in [-0.15, -0.1) is 10.2 Å². The largest absolute Gasteiger partial charge is 0.357 e. The highest BCUT2D eigenvalue weighted by molar-refractivity contribution is 5.59. The molecule has 2 saturated heterocycles. The molecule has 0 saturated carbocycles. The van der Waals surface area contributed by atoms with Gasteiger partial charge >= 0.3 is 5.69 Å². The van der Waals surface area contributed by atoms with E-state index in [-0.39, 0.29) is 11.2 Å². The molecule has 154 valence electrons. The molecular formula is C22H24N6O2. The number of anilines is 2. The van der Waals surface area contributed by atoms with Crippen LogP contribution in [0, 0.1) is 11.8 Å². The first-order chi connectivity index (χ1) is 14.5. The third kappa shape index (κ3) is 3.08. The smallest absolute Gasteiger partial charge is 0.332 e. The summed E-state index contributed by atoms with van der Waals surface area (Å²) < 4.78 is 2.70. The van der Waals surface area contributed by atoms with E-state index in [2.05, 4.69) is 20.0 Å². The van der Waals surface area contributed by atoms with E-state index >= 15 is 0 Å². The van der Waals surface area contributed by atoms with Crippen molar-refractivity contribution >= 4 is 11.6 Å². The second-order valence-corrected chi connectivity index (χ2v) is 8.21. The van der Waals surface area contributed by atoms with Crippen LogP contribution in [0.1, 0.15) is 0 Å². The number of nitrogens with zero attached hydrogens (tertiary/aromatic N) is 6. The summed E-state index contributed by atoms with van der Waals surface area (Å²) in [6.45, 7) is 3.47. The van der Waals surface area contributed by atoms with Crippen molar-refractivity contribution in [3.63, 3.8) is 0 Å². The van der Waals surface area contributed by atoms with Gasteiger partial charge in [-0.25, -0.2) is 4.79 Å². The molecule has 2 aromatic heterocycles. The summed E-state index contributed by atoms with van der Waals surface area (Å²) in [6.07, 6.45) is 0. The molecule has 2 atom stereocenters. The van der Waals surface area contributed by atoms with Crippen molar-refractivity contribution in [2.75, 3.05) is 36.0 Å². The highest BCUT2D eigenvalue weighted by Crippen LogP contribution is 2.35. The summed E-state index contributed by atoms with van der Waals surface area (Å²) in [5, 5.41) is 8.87. The van der Waals surface area contributed by atoms with Crippen molar-refractivity contribution in [3.8, 4) is 11.3 Å². The number of hydrogen-bond acceptors (Lipinski definition) is 6. The Kier molecular flexibility index (Phi) is 4.42. The molecule has 2 fully saturated rings. The number of benzene rings is 1. The lowest BCUT2D eigenvalue weighted by molar-refractivity contribution is 0.533. The number of hydrogen-bond donors (Lipinski definition) is 0. The zero-order chi connectivity index (χ0) is 20.8. The summed E-state index contributed by atoms with van der Waals surface area (Å²) in [5.41, 5.74) is 1.38. The number of fused-ring (bicyclic) bond motifs is 1. The van der Waals surface area contributed by atoms with Gasteiger partial charge in [0.1, 0.15) is 5.82 Å². The predicted octanol–water partition coefficient (Wildman–Crippen LogP) is 1.11. The van der Waals surface area contributed by atoms with E-state index in [1.165, 1.54) is 7.05 Å². The highest BCUT2D eigenvalue weighted by atomic mass is 16.2. The topological polar surface area (TPSA) is 76.3 Å². The maximum Gasteiger partial charge on any atom is 0.332 e. The van der Waals surface area contributed by atoms with Gasteiger partial charge in [0.15, 0.2) is 5.82 Å². The third-order valence-corrected chi connectivity index (χ3v) is 6.35. The predicted molar refractivity (Wildman–Crippen MR) is 116 cm³/mol. The molecule has 0 radical (unpaired) electrons. The second-order valence-electron chi connectivity index (χ2n) is 8.21. The Bertz CT molecular complexity index is 1170. The maximum absolute atomic E-state index is 12.3. The van der Waals surface area contributed by atoms with Gasteiger partial charge in [-0.05, 0) is 12.1 Å². The molecule has 8 heteroatoms. The molecular weight excluding hydrogens is 380 g/mol. The molecule has 0 amide bonds. The minimum atomic E-state index is -0.287. The van der Waals surface area contributed by atoms with Crippen LogP contribution in [-0.2, 0) is 14.1 Å². The zero-order valence-electron chi connectivity index (χ0n) is 17.1. The maximum atomic E-state index is 12.3. The van der Waals surface area contributed by atoms with E-state index in [1.807, 2.05) is 42.5 Å². The van der Waals surface area contributed by atoms with E-state index in [1.54, 1.807) is 17.7 Å². The summed E-state index contributed by atoms with van der Waals surface area (Å²) in [5.74, 6) is 2.55. The Hall–Kier alpha value is -3.42. The Morgan fingerprint density at radius 3 is 2.10 bits per heavy atom. The van der Waals surface area contributed by atoms with Crippen molar-refractivity contribution in [3.05, 3.63) is 69.4 Å². The van der Waals surface area contributed by atoms with Crippen LogP contribution in [0.5, 0.6) is 0 Å². The van der Waals surface area contributed by atoms with E-state index < -0.39 is 0 Å². The minimum Gasteiger partial charge on any atom is -0.357 e. The summed E-state index contributed by atoms with van der Waals surface area (Å²) >= 11 is 0. The van der Waals surface area contributed by atoms with Crippen molar-refractivity contribution in [1.82, 2.24) is 19.3 Å². The monoisotopic (exact) mass is 404 g/mol. The van der Waals surface area contributed by atoms with Crippen molar-refractivity contribution in [2.45, 2.75) is 0 Å². The number of aromatic nitrogens is 4. The van der Waals surface area contributed by atoms with Gasteiger partial charge in [-0.2, -0.15) is 0 Å². The van der Waals surface area contributed by atoms with Gasteiger partial charge in [0.2, 0.25) is 0 Å². The van der Waals surface area contributed by atoms with Crippen molar-refractivity contribution in [2.24, 2.45) is 25.9 Å². The molecule has 8 nitrogen and oxygen atoms in total. The summed E-state index contributed by atoms with van der Waals surface area (Å²) in [6, 6.07) is 15.7. The Morgan fingerprint density at radius 1 is 0.800 bits per heavy atom. The SMILES string of the molecule is Cn1c(N2CC3CN(c4ccc(-c5ccccc5)nn4)CC3C2)cc(=O)n(C)c1=O. The lowest BCUT2D eigenvalue weighted by Crippen LogP contribution is -2.40. The molecule has 2 aliphatic rings. The van der Waals surface area contributed by atoms with Crippen molar-refractivity contribution < 1.29 is 0 Å². The highest BCUT2D eigenvalue weighted by Gasteiger charge is 2.41. The van der Waals surface area contributed by atoms with Crippen LogP contribution in [-0.4, -0.2) is 45.5 Å². The van der Waals surface area contributed by atoms with Crippen molar-refractivity contribution in [1.29, 1.82) is 0 Å². The van der Waals surface area contributed by atoms with Crippen LogP contribution in [0.15, 0.2) is 58.1 Å². The average molecular weight is 404 g/mol. The Morgan fingerprint density at radius 2 is 1.47 bits per heavy atom. The number of rotatable bonds is 3. The standard InChI is InChI=1S/C22H24N6O2/c1-25-20(10-21(29)26(2)22(25)30)28-13-16-11-27(12-17(16)14-28)19-9-8-18(23-24-19)15-6-4-3-5-7-15/h3-10,16-17H,11-14H2,1-2H3. The Labute approximate surface area is 174 Å². The average Bonchev–Trinajstić information content (AvgIpc) is 3.35. The fraction of sp³-hybridized carbons (Fsp3) is 0.364. The minimum absolute atomic E-state index is 0.263. The molecule has 4 heterocycles. The third-order valence-electron chi connectivity index (χ3n) is 6.35. The first-order valence-corrected chi connectivity index (χ1v) is 10.2. The molecule has 0 aliphatic carbocycles. The van der Waals surface area contributed by atoms with E-state index in [0.29, 0.717) is 17.7 Å². The molecule has 5 rings (SSSR count). The van der Waals surface area contributed by atoms with E-state index in [9.17, 15) is 9.59 Å². The lowest BCUT2D eigenvalue weighted by atomic mass is 10.0. The molecule has 0 bridgehead atoms. The van der Waals surface area contributed by atoms with Crippen LogP contribution in [0.3, 0.4) is 0 Å². The van der Waals surface area contributed by atoms with E-state index in [4.69, 9.17) is 0 Å². The van der Waals surface area contributed by atoms with Gasteiger partial charge in [0.05, 0.1) is 5.69 Å². The van der Waals surface area contributed by atoms with Gasteiger partial charge in [0, 0.05) is 63.7 Å². The van der Waals surface area contributed by atoms with Gasteiger partial charge in [-0.3, -0.25) is 13.9 Å². The van der Waals surface area contributed by atoms with Gasteiger partial charge < -0.3 is 9.80 Å². The van der Waals surface area contributed by atoms with E-state index in [0.717, 1.165) is 47.8 Å². The van der Waals surface area contributed by atoms with Crippen LogP contribution in [0.25, 0.3) is 11.3 Å². The van der Waals surface area contributed by atoms with Crippen LogP contribution in [0.4, 0.5) is 11.6 Å².